The van der Waals surface area contributed by atoms with Crippen LogP contribution in [0.4, 0.5) is 0 Å². The van der Waals surface area contributed by atoms with Crippen LogP contribution in [0.15, 0.2) is 42.0 Å². The Bertz CT molecular complexity index is 740. The highest BCUT2D eigenvalue weighted by Crippen LogP contribution is 2.42. The van der Waals surface area contributed by atoms with E-state index in [4.69, 9.17) is 16.3 Å². The van der Waals surface area contributed by atoms with Crippen molar-refractivity contribution in [2.75, 3.05) is 5.88 Å². The molecule has 1 heterocycles. The maximum atomic E-state index is 12.6. The lowest BCUT2D eigenvalue weighted by atomic mass is 9.86. The van der Waals surface area contributed by atoms with E-state index < -0.39 is 0 Å². The molecule has 0 saturated heterocycles. The zero-order valence-electron chi connectivity index (χ0n) is 10.2. The fourth-order valence-electron chi connectivity index (χ4n) is 2.99. The minimum absolute atomic E-state index is 0.0832. The highest BCUT2D eigenvalue weighted by Gasteiger charge is 2.35. The van der Waals surface area contributed by atoms with E-state index in [2.05, 4.69) is 0 Å². The van der Waals surface area contributed by atoms with E-state index in [0.717, 1.165) is 33.2 Å². The molecule has 19 heavy (non-hydrogen) atoms. The summed E-state index contributed by atoms with van der Waals surface area (Å²) in [4.78, 5) is 12.6. The third-order valence-corrected chi connectivity index (χ3v) is 4.17. The Balaban J connectivity index is 2.04. The van der Waals surface area contributed by atoms with Crippen molar-refractivity contribution in [1.29, 1.82) is 0 Å². The van der Waals surface area contributed by atoms with Gasteiger partial charge in [-0.15, -0.1) is 11.6 Å². The zero-order valence-corrected chi connectivity index (χ0v) is 10.9. The molecule has 1 aliphatic carbocycles. The molecule has 0 amide bonds. The first-order valence-corrected chi connectivity index (χ1v) is 6.85. The van der Waals surface area contributed by atoms with Gasteiger partial charge in [0.25, 0.3) is 0 Å². The second-order valence-corrected chi connectivity index (χ2v) is 5.25. The van der Waals surface area contributed by atoms with Crippen LogP contribution in [-0.2, 0) is 4.74 Å². The van der Waals surface area contributed by atoms with Crippen LogP contribution < -0.4 is 0 Å². The monoisotopic (exact) mass is 270 g/mol. The van der Waals surface area contributed by atoms with Crippen molar-refractivity contribution in [1.82, 2.24) is 0 Å². The Morgan fingerprint density at radius 2 is 1.89 bits per heavy atom. The molecule has 0 bridgehead atoms. The normalized spacial score (nSPS) is 20.7. The molecule has 4 rings (SSSR count). The molecule has 1 unspecified atom stereocenters. The number of halogens is 1. The molecular formula is C16H11ClO2. The molecule has 0 spiro atoms. The Hall–Kier alpha value is -1.80. The number of hydrogen-bond donors (Lipinski definition) is 0. The molecule has 0 saturated carbocycles. The summed E-state index contributed by atoms with van der Waals surface area (Å²) in [6.07, 6.45) is 0.530. The molecular weight excluding hydrogens is 260 g/mol. The third kappa shape index (κ3) is 1.41. The van der Waals surface area contributed by atoms with Crippen molar-refractivity contribution in [2.24, 2.45) is 0 Å². The highest BCUT2D eigenvalue weighted by atomic mass is 35.5. The number of rotatable bonds is 1. The summed E-state index contributed by atoms with van der Waals surface area (Å²) in [6.45, 7) is 0. The maximum absolute atomic E-state index is 12.6. The molecule has 0 aromatic heterocycles. The van der Waals surface area contributed by atoms with Crippen molar-refractivity contribution in [3.8, 4) is 0 Å². The van der Waals surface area contributed by atoms with E-state index >= 15 is 0 Å². The first-order chi connectivity index (χ1) is 9.29. The molecule has 2 nitrogen and oxygen atoms in total. The van der Waals surface area contributed by atoms with Gasteiger partial charge in [0.1, 0.15) is 11.9 Å². The average molecular weight is 271 g/mol. The summed E-state index contributed by atoms with van der Waals surface area (Å²) in [5.74, 6) is 1.24. The van der Waals surface area contributed by atoms with Crippen LogP contribution in [0.1, 0.15) is 22.3 Å². The fourth-order valence-corrected chi connectivity index (χ4v) is 3.16. The number of ether oxygens (including phenoxy) is 1. The van der Waals surface area contributed by atoms with Crippen molar-refractivity contribution >= 4 is 33.9 Å². The van der Waals surface area contributed by atoms with Crippen LogP contribution in [0.3, 0.4) is 0 Å². The molecule has 1 atom stereocenters. The standard InChI is InChI=1S/C16H11ClO2/c17-8-10-7-13-15(18)11-5-1-3-9-4-2-6-12(14(9)11)16(13)19-10/h1-6,10H,7-8H2. The number of alkyl halides is 1. The lowest BCUT2D eigenvalue weighted by Gasteiger charge is -2.17. The summed E-state index contributed by atoms with van der Waals surface area (Å²) < 4.78 is 5.86. The Morgan fingerprint density at radius 3 is 2.63 bits per heavy atom. The van der Waals surface area contributed by atoms with Crippen LogP contribution in [0, 0.1) is 0 Å². The molecule has 0 N–H and O–H groups in total. The molecule has 0 fully saturated rings. The van der Waals surface area contributed by atoms with Gasteiger partial charge in [-0.05, 0) is 5.39 Å². The predicted octanol–water partition coefficient (Wildman–Crippen LogP) is 3.77. The van der Waals surface area contributed by atoms with E-state index in [9.17, 15) is 4.79 Å². The topological polar surface area (TPSA) is 26.3 Å². The number of carbonyl (C=O) groups is 1. The van der Waals surface area contributed by atoms with Crippen molar-refractivity contribution in [3.63, 3.8) is 0 Å². The summed E-state index contributed by atoms with van der Waals surface area (Å²) >= 11 is 5.87. The molecule has 2 aliphatic rings. The van der Waals surface area contributed by atoms with E-state index in [1.54, 1.807) is 0 Å². The fraction of sp³-hybridized carbons (Fsp3) is 0.188. The van der Waals surface area contributed by atoms with Gasteiger partial charge in [-0.3, -0.25) is 4.79 Å². The number of Topliss-reactive ketones (excluding diaryl/α,β-unsaturated/α-hetero) is 1. The maximum Gasteiger partial charge on any atom is 0.193 e. The minimum Gasteiger partial charge on any atom is -0.488 e. The van der Waals surface area contributed by atoms with Crippen molar-refractivity contribution in [2.45, 2.75) is 12.5 Å². The van der Waals surface area contributed by atoms with Crippen LogP contribution in [0.25, 0.3) is 16.5 Å². The highest BCUT2D eigenvalue weighted by molar-refractivity contribution is 6.25. The Morgan fingerprint density at radius 1 is 1.16 bits per heavy atom. The first-order valence-electron chi connectivity index (χ1n) is 6.32. The number of benzene rings is 2. The van der Waals surface area contributed by atoms with Gasteiger partial charge in [-0.2, -0.15) is 0 Å². The number of carbonyl (C=O) groups excluding carboxylic acids is 1. The SMILES string of the molecule is O=C1C2=C(OC(CCl)C2)c2cccc3cccc1c23. The Labute approximate surface area is 115 Å². The Kier molecular flexibility index (Phi) is 2.24. The van der Waals surface area contributed by atoms with Gasteiger partial charge in [0.2, 0.25) is 0 Å². The van der Waals surface area contributed by atoms with Gasteiger partial charge in [0.05, 0.1) is 5.88 Å². The zero-order chi connectivity index (χ0) is 13.0. The number of hydrogen-bond acceptors (Lipinski definition) is 2. The quantitative estimate of drug-likeness (QED) is 0.737. The molecule has 94 valence electrons. The first kappa shape index (κ1) is 11.1. The molecule has 0 radical (unpaired) electrons. The van der Waals surface area contributed by atoms with Crippen molar-refractivity contribution < 1.29 is 9.53 Å². The van der Waals surface area contributed by atoms with Crippen LogP contribution in [-0.4, -0.2) is 17.8 Å². The molecule has 3 heteroatoms. The van der Waals surface area contributed by atoms with Gasteiger partial charge in [0.15, 0.2) is 5.78 Å². The lowest BCUT2D eigenvalue weighted by molar-refractivity contribution is 0.103. The number of fused-ring (bicyclic) bond motifs is 1. The van der Waals surface area contributed by atoms with Gasteiger partial charge in [-0.1, -0.05) is 36.4 Å². The van der Waals surface area contributed by atoms with Gasteiger partial charge in [0, 0.05) is 28.5 Å². The van der Waals surface area contributed by atoms with E-state index in [-0.39, 0.29) is 11.9 Å². The van der Waals surface area contributed by atoms with Crippen LogP contribution >= 0.6 is 11.6 Å². The second kappa shape index (κ2) is 3.84. The minimum atomic E-state index is -0.0832. The van der Waals surface area contributed by atoms with Crippen molar-refractivity contribution in [3.05, 3.63) is 53.1 Å². The largest absolute Gasteiger partial charge is 0.488 e. The molecule has 1 aliphatic heterocycles. The van der Waals surface area contributed by atoms with Gasteiger partial charge < -0.3 is 4.74 Å². The van der Waals surface area contributed by atoms with Crippen LogP contribution in [0.2, 0.25) is 0 Å². The second-order valence-electron chi connectivity index (χ2n) is 4.94. The van der Waals surface area contributed by atoms with Gasteiger partial charge in [-0.25, -0.2) is 0 Å². The van der Waals surface area contributed by atoms with Gasteiger partial charge >= 0.3 is 0 Å². The molecule has 2 aromatic carbocycles. The summed E-state index contributed by atoms with van der Waals surface area (Å²) in [5.41, 5.74) is 2.58. The van der Waals surface area contributed by atoms with Crippen LogP contribution in [0.5, 0.6) is 0 Å². The average Bonchev–Trinajstić information content (AvgIpc) is 2.89. The smallest absolute Gasteiger partial charge is 0.193 e. The molecule has 2 aromatic rings. The number of ketones is 1. The van der Waals surface area contributed by atoms with E-state index in [0.29, 0.717) is 12.3 Å². The summed E-state index contributed by atoms with van der Waals surface area (Å²) in [7, 11) is 0. The third-order valence-electron chi connectivity index (χ3n) is 3.83. The summed E-state index contributed by atoms with van der Waals surface area (Å²) in [6, 6.07) is 11.9. The summed E-state index contributed by atoms with van der Waals surface area (Å²) in [5, 5.41) is 2.08. The van der Waals surface area contributed by atoms with E-state index in [1.165, 1.54) is 0 Å². The predicted molar refractivity (Wildman–Crippen MR) is 75.4 cm³/mol. The lowest BCUT2D eigenvalue weighted by Crippen LogP contribution is -2.10. The van der Waals surface area contributed by atoms with E-state index in [1.807, 2.05) is 36.4 Å².